The molecule has 0 amide bonds. The van der Waals surface area contributed by atoms with Gasteiger partial charge in [-0.15, -0.1) is 0 Å². The highest BCUT2D eigenvalue weighted by Gasteiger charge is 1.87. The number of hydrogen-bond acceptors (Lipinski definition) is 4. The van der Waals surface area contributed by atoms with Crippen molar-refractivity contribution < 1.29 is 9.59 Å². The Labute approximate surface area is 83.4 Å². The number of isocyanates is 2. The molecule has 0 spiro atoms. The number of hydrogen-bond donors (Lipinski definition) is 0. The van der Waals surface area contributed by atoms with Crippen LogP contribution in [0.15, 0.2) is 22.1 Å². The summed E-state index contributed by atoms with van der Waals surface area (Å²) in [5.74, 6) is 0. The maximum atomic E-state index is 9.34. The van der Waals surface area contributed by atoms with Crippen molar-refractivity contribution in [1.29, 1.82) is 0 Å². The van der Waals surface area contributed by atoms with Crippen LogP contribution in [0, 0.1) is 0 Å². The predicted octanol–water partition coefficient (Wildman–Crippen LogP) is 1.77. The molecule has 1 aliphatic rings. The molecule has 1 rings (SSSR count). The zero-order valence-corrected chi connectivity index (χ0v) is 8.11. The van der Waals surface area contributed by atoms with Crippen molar-refractivity contribution in [3.05, 3.63) is 12.2 Å². The van der Waals surface area contributed by atoms with Crippen LogP contribution in [0.4, 0.5) is 0 Å². The van der Waals surface area contributed by atoms with Gasteiger partial charge in [-0.25, -0.2) is 19.6 Å². The molecule has 0 heterocycles. The summed E-state index contributed by atoms with van der Waals surface area (Å²) in [5.41, 5.74) is 0. The molecule has 0 aromatic carbocycles. The van der Waals surface area contributed by atoms with Crippen LogP contribution in [-0.4, -0.2) is 25.2 Å². The van der Waals surface area contributed by atoms with Crippen molar-refractivity contribution in [2.24, 2.45) is 9.98 Å². The van der Waals surface area contributed by atoms with Gasteiger partial charge in [0.05, 0.1) is 13.1 Å². The zero-order valence-electron chi connectivity index (χ0n) is 8.11. The summed E-state index contributed by atoms with van der Waals surface area (Å²) in [4.78, 5) is 24.9. The van der Waals surface area contributed by atoms with E-state index in [0.29, 0.717) is 0 Å². The third-order valence-corrected chi connectivity index (χ3v) is 1.61. The number of allylic oxidation sites excluding steroid dienone is 2. The SMILES string of the molecule is C1=CCCCC1.O=C=NCCN=C=O. The first kappa shape index (κ1) is 12.5. The van der Waals surface area contributed by atoms with Crippen LogP contribution in [0.5, 0.6) is 0 Å². The van der Waals surface area contributed by atoms with Crippen LogP contribution in [0.3, 0.4) is 0 Å². The fourth-order valence-electron chi connectivity index (χ4n) is 0.951. The van der Waals surface area contributed by atoms with Gasteiger partial charge in [0.2, 0.25) is 12.2 Å². The third kappa shape index (κ3) is 10.5. The standard InChI is InChI=1S/C6H10.C4H4N2O2/c1-2-4-6-5-3-1;7-3-5-1-2-6-4-8/h1-2H,3-6H2;1-2H2. The van der Waals surface area contributed by atoms with Gasteiger partial charge in [0.15, 0.2) is 0 Å². The summed E-state index contributed by atoms with van der Waals surface area (Å²) >= 11 is 0. The monoisotopic (exact) mass is 194 g/mol. The van der Waals surface area contributed by atoms with Crippen molar-refractivity contribution in [1.82, 2.24) is 0 Å². The highest BCUT2D eigenvalue weighted by Crippen LogP contribution is 2.07. The molecule has 0 fully saturated rings. The van der Waals surface area contributed by atoms with Gasteiger partial charge in [-0.05, 0) is 25.7 Å². The quantitative estimate of drug-likeness (QED) is 0.297. The minimum atomic E-state index is 0.221. The lowest BCUT2D eigenvalue weighted by molar-refractivity contribution is 0.560. The highest BCUT2D eigenvalue weighted by atomic mass is 16.1. The van der Waals surface area contributed by atoms with Gasteiger partial charge < -0.3 is 0 Å². The van der Waals surface area contributed by atoms with Crippen LogP contribution in [0.25, 0.3) is 0 Å². The van der Waals surface area contributed by atoms with Crippen LogP contribution in [-0.2, 0) is 9.59 Å². The highest BCUT2D eigenvalue weighted by molar-refractivity contribution is 5.34. The zero-order chi connectivity index (χ0) is 10.5. The number of carbonyl (C=O) groups excluding carboxylic acids is 2. The van der Waals surface area contributed by atoms with Crippen LogP contribution < -0.4 is 0 Å². The summed E-state index contributed by atoms with van der Waals surface area (Å²) in [6.07, 6.45) is 12.6. The molecule has 76 valence electrons. The molecule has 0 bridgehead atoms. The van der Waals surface area contributed by atoms with Crippen molar-refractivity contribution in [2.45, 2.75) is 25.7 Å². The maximum Gasteiger partial charge on any atom is 0.235 e. The Kier molecular flexibility index (Phi) is 10.3. The van der Waals surface area contributed by atoms with E-state index in [9.17, 15) is 9.59 Å². The Balaban J connectivity index is 0.000000249. The molecule has 0 saturated heterocycles. The summed E-state index contributed by atoms with van der Waals surface area (Å²) in [7, 11) is 0. The van der Waals surface area contributed by atoms with E-state index in [1.54, 1.807) is 0 Å². The lowest BCUT2D eigenvalue weighted by Gasteiger charge is -1.97. The van der Waals surface area contributed by atoms with Crippen LogP contribution in [0.1, 0.15) is 25.7 Å². The molecule has 1 aliphatic carbocycles. The van der Waals surface area contributed by atoms with Gasteiger partial charge in [-0.2, -0.15) is 0 Å². The summed E-state index contributed by atoms with van der Waals surface area (Å²) in [6, 6.07) is 0. The molecular formula is C10H14N2O2. The topological polar surface area (TPSA) is 58.9 Å². The minimum absolute atomic E-state index is 0.221. The molecule has 0 atom stereocenters. The smallest absolute Gasteiger partial charge is 0.211 e. The predicted molar refractivity (Wildman–Crippen MR) is 53.6 cm³/mol. The van der Waals surface area contributed by atoms with Crippen LogP contribution >= 0.6 is 0 Å². The Morgan fingerprint density at radius 1 is 0.929 bits per heavy atom. The van der Waals surface area contributed by atoms with E-state index in [1.807, 2.05) is 0 Å². The molecule has 4 heteroatoms. The van der Waals surface area contributed by atoms with E-state index < -0.39 is 0 Å². The Morgan fingerprint density at radius 3 is 1.57 bits per heavy atom. The Bertz CT molecular complexity index is 223. The second-order valence-corrected chi connectivity index (χ2v) is 2.70. The second kappa shape index (κ2) is 11.5. The Morgan fingerprint density at radius 2 is 1.36 bits per heavy atom. The molecule has 0 aromatic heterocycles. The third-order valence-electron chi connectivity index (χ3n) is 1.61. The molecule has 14 heavy (non-hydrogen) atoms. The van der Waals surface area contributed by atoms with Gasteiger partial charge >= 0.3 is 0 Å². The van der Waals surface area contributed by atoms with Gasteiger partial charge in [0.25, 0.3) is 0 Å². The molecule has 0 N–H and O–H groups in total. The number of aliphatic imine (C=N–C) groups is 2. The molecule has 0 aliphatic heterocycles. The number of rotatable bonds is 3. The second-order valence-electron chi connectivity index (χ2n) is 2.70. The first-order valence-corrected chi connectivity index (χ1v) is 4.64. The van der Waals surface area contributed by atoms with E-state index in [4.69, 9.17) is 0 Å². The molecule has 0 saturated carbocycles. The lowest BCUT2D eigenvalue weighted by Crippen LogP contribution is -1.82. The molecule has 0 aromatic rings. The van der Waals surface area contributed by atoms with E-state index in [0.717, 1.165) is 0 Å². The molecular weight excluding hydrogens is 180 g/mol. The van der Waals surface area contributed by atoms with Crippen molar-refractivity contribution >= 4 is 12.2 Å². The van der Waals surface area contributed by atoms with E-state index in [2.05, 4.69) is 22.1 Å². The summed E-state index contributed by atoms with van der Waals surface area (Å²) in [6.45, 7) is 0.442. The van der Waals surface area contributed by atoms with Crippen molar-refractivity contribution in [2.75, 3.05) is 13.1 Å². The van der Waals surface area contributed by atoms with Crippen molar-refractivity contribution in [3.8, 4) is 0 Å². The normalized spacial score (nSPS) is 12.9. The lowest BCUT2D eigenvalue weighted by atomic mass is 10.1. The van der Waals surface area contributed by atoms with Crippen molar-refractivity contribution in [3.63, 3.8) is 0 Å². The van der Waals surface area contributed by atoms with Gasteiger partial charge in [0.1, 0.15) is 0 Å². The largest absolute Gasteiger partial charge is 0.235 e. The van der Waals surface area contributed by atoms with E-state index in [1.165, 1.54) is 37.8 Å². The first-order chi connectivity index (χ1) is 6.91. The van der Waals surface area contributed by atoms with E-state index in [-0.39, 0.29) is 13.1 Å². The van der Waals surface area contributed by atoms with Gasteiger partial charge in [-0.3, -0.25) is 0 Å². The summed E-state index contributed by atoms with van der Waals surface area (Å²) in [5, 5.41) is 0. The van der Waals surface area contributed by atoms with E-state index >= 15 is 0 Å². The average Bonchev–Trinajstić information content (AvgIpc) is 2.28. The fourth-order valence-corrected chi connectivity index (χ4v) is 0.951. The van der Waals surface area contributed by atoms with Gasteiger partial charge in [0, 0.05) is 0 Å². The van der Waals surface area contributed by atoms with Crippen LogP contribution in [0.2, 0.25) is 0 Å². The Hall–Kier alpha value is -1.50. The molecule has 4 nitrogen and oxygen atoms in total. The summed E-state index contributed by atoms with van der Waals surface area (Å²) < 4.78 is 0. The minimum Gasteiger partial charge on any atom is -0.211 e. The average molecular weight is 194 g/mol. The number of nitrogens with zero attached hydrogens (tertiary/aromatic N) is 2. The van der Waals surface area contributed by atoms with Gasteiger partial charge in [-0.1, -0.05) is 12.2 Å². The fraction of sp³-hybridized carbons (Fsp3) is 0.600. The molecule has 0 radical (unpaired) electrons. The molecule has 0 unspecified atom stereocenters. The maximum absolute atomic E-state index is 9.34. The first-order valence-electron chi connectivity index (χ1n) is 4.64.